The Kier molecular flexibility index (Phi) is 5.41. The average Bonchev–Trinajstić information content (AvgIpc) is 3.17. The van der Waals surface area contributed by atoms with Crippen LogP contribution in [0.5, 0.6) is 5.75 Å². The lowest BCUT2D eigenvalue weighted by molar-refractivity contribution is 0.0600. The molecule has 27 heavy (non-hydrogen) atoms. The van der Waals surface area contributed by atoms with Crippen LogP contribution in [0.1, 0.15) is 10.4 Å². The van der Waals surface area contributed by atoms with Crippen LogP contribution in [0.15, 0.2) is 59.2 Å². The Hall–Kier alpha value is -3.33. The molecule has 0 saturated heterocycles. The molecule has 3 aromatic rings. The molecular weight excluding hydrogens is 372 g/mol. The van der Waals surface area contributed by atoms with Gasteiger partial charge in [0.15, 0.2) is 5.82 Å². The largest absolute Gasteiger partial charge is 0.495 e. The van der Waals surface area contributed by atoms with Crippen molar-refractivity contribution in [1.29, 1.82) is 0 Å². The number of nitrogens with zero attached hydrogens (tertiary/aromatic N) is 2. The number of benzene rings is 2. The number of carbonyl (C=O) groups is 1. The molecule has 0 saturated carbocycles. The topological polar surface area (TPSA) is 98.9 Å². The molecule has 0 N–H and O–H groups in total. The Morgan fingerprint density at radius 1 is 1.11 bits per heavy atom. The van der Waals surface area contributed by atoms with Crippen LogP contribution in [-0.2, 0) is 15.6 Å². The fourth-order valence-electron chi connectivity index (χ4n) is 2.47. The molecule has 0 radical (unpaired) electrons. The lowest BCUT2D eigenvalue weighted by atomic mass is 10.2. The highest BCUT2D eigenvalue weighted by Crippen LogP contribution is 2.35. The summed E-state index contributed by atoms with van der Waals surface area (Å²) in [5.74, 6) is -0.0567. The predicted octanol–water partition coefficient (Wildman–Crippen LogP) is 2.80. The highest BCUT2D eigenvalue weighted by Gasteiger charge is 2.22. The zero-order chi connectivity index (χ0) is 19.4. The van der Waals surface area contributed by atoms with Crippen molar-refractivity contribution in [2.75, 3.05) is 18.5 Å². The molecule has 2 aromatic carbocycles. The second-order valence-corrected chi connectivity index (χ2v) is 6.18. The molecular formula is C18H16N2O6S. The molecule has 0 aliphatic rings. The minimum absolute atomic E-state index is 0.0640. The van der Waals surface area contributed by atoms with E-state index in [0.29, 0.717) is 5.56 Å². The Morgan fingerprint density at radius 2 is 1.85 bits per heavy atom. The molecule has 0 unspecified atom stereocenters. The maximum absolute atomic E-state index is 11.9. The molecule has 1 heterocycles. The molecule has 0 bridgehead atoms. The molecule has 0 spiro atoms. The summed E-state index contributed by atoms with van der Waals surface area (Å²) >= 11 is 0. The summed E-state index contributed by atoms with van der Waals surface area (Å²) in [6.45, 7) is 0. The molecule has 0 atom stereocenters. The first kappa shape index (κ1) is 18.5. The highest BCUT2D eigenvalue weighted by atomic mass is 32.2. The summed E-state index contributed by atoms with van der Waals surface area (Å²) in [5, 5.41) is 0. The Bertz CT molecular complexity index is 1020. The van der Waals surface area contributed by atoms with Gasteiger partial charge >= 0.3 is 5.97 Å². The van der Waals surface area contributed by atoms with E-state index in [1.165, 1.54) is 38.7 Å². The Labute approximate surface area is 157 Å². The van der Waals surface area contributed by atoms with Gasteiger partial charge in [0.25, 0.3) is 0 Å². The van der Waals surface area contributed by atoms with Gasteiger partial charge in [0.1, 0.15) is 17.7 Å². The number of aromatic nitrogens is 1. The molecule has 0 amide bonds. The molecule has 140 valence electrons. The van der Waals surface area contributed by atoms with Crippen LogP contribution in [0.4, 0.5) is 11.5 Å². The zero-order valence-corrected chi connectivity index (χ0v) is 15.4. The van der Waals surface area contributed by atoms with Crippen molar-refractivity contribution < 1.29 is 27.1 Å². The van der Waals surface area contributed by atoms with E-state index in [9.17, 15) is 13.2 Å². The number of hydrogen-bond donors (Lipinski definition) is 1. The van der Waals surface area contributed by atoms with Crippen molar-refractivity contribution in [3.63, 3.8) is 0 Å². The minimum Gasteiger partial charge on any atom is -0.495 e. The summed E-state index contributed by atoms with van der Waals surface area (Å²) in [6.07, 6.45) is 1.24. The van der Waals surface area contributed by atoms with E-state index >= 15 is 0 Å². The van der Waals surface area contributed by atoms with Crippen molar-refractivity contribution in [2.24, 2.45) is 0 Å². The third-order valence-corrected chi connectivity index (χ3v) is 4.47. The van der Waals surface area contributed by atoms with Gasteiger partial charge in [-0.1, -0.05) is 18.2 Å². The molecule has 9 heteroatoms. The second-order valence-electron chi connectivity index (χ2n) is 5.30. The third-order valence-electron chi connectivity index (χ3n) is 3.72. The summed E-state index contributed by atoms with van der Waals surface area (Å²) in [5.41, 5.74) is 1.12. The van der Waals surface area contributed by atoms with E-state index in [2.05, 4.69) is 9.72 Å². The fourth-order valence-corrected chi connectivity index (χ4v) is 3.07. The zero-order valence-electron chi connectivity index (χ0n) is 14.5. The standard InChI is InChI=1S/C18H16N2O6S/c1-24-15-10-13(18(21)25-2)8-9-14(15)20(27(22)23)16-11-26-17(19-16)12-6-4-3-5-7-12/h3-11,27H,1-2H3. The van der Waals surface area contributed by atoms with Gasteiger partial charge in [-0.3, -0.25) is 0 Å². The van der Waals surface area contributed by atoms with Crippen molar-refractivity contribution in [3.05, 3.63) is 60.4 Å². The van der Waals surface area contributed by atoms with E-state index in [0.717, 1.165) is 4.31 Å². The molecule has 8 nitrogen and oxygen atoms in total. The van der Waals surface area contributed by atoms with Crippen LogP contribution in [0.3, 0.4) is 0 Å². The van der Waals surface area contributed by atoms with Crippen molar-refractivity contribution >= 4 is 28.4 Å². The molecule has 0 aliphatic carbocycles. The fraction of sp³-hybridized carbons (Fsp3) is 0.111. The number of methoxy groups -OCH3 is 2. The third kappa shape index (κ3) is 3.77. The van der Waals surface area contributed by atoms with Gasteiger partial charge in [0.05, 0.1) is 19.8 Å². The number of rotatable bonds is 6. The van der Waals surface area contributed by atoms with Crippen molar-refractivity contribution in [3.8, 4) is 17.2 Å². The first-order valence-electron chi connectivity index (χ1n) is 7.77. The smallest absolute Gasteiger partial charge is 0.337 e. The van der Waals surface area contributed by atoms with Gasteiger partial charge in [0, 0.05) is 5.56 Å². The summed E-state index contributed by atoms with van der Waals surface area (Å²) in [4.78, 5) is 15.9. The lowest BCUT2D eigenvalue weighted by Gasteiger charge is -2.18. The van der Waals surface area contributed by atoms with Crippen LogP contribution >= 0.6 is 0 Å². The number of ether oxygens (including phenoxy) is 2. The van der Waals surface area contributed by atoms with Crippen molar-refractivity contribution in [2.45, 2.75) is 0 Å². The average molecular weight is 388 g/mol. The summed E-state index contributed by atoms with van der Waals surface area (Å²) in [6, 6.07) is 13.3. The van der Waals surface area contributed by atoms with E-state index in [1.54, 1.807) is 12.1 Å². The van der Waals surface area contributed by atoms with E-state index in [1.807, 2.05) is 18.2 Å². The monoisotopic (exact) mass is 388 g/mol. The van der Waals surface area contributed by atoms with Crippen LogP contribution in [0.2, 0.25) is 0 Å². The normalized spacial score (nSPS) is 10.6. The second kappa shape index (κ2) is 7.92. The minimum atomic E-state index is -3.11. The Morgan fingerprint density at radius 3 is 2.48 bits per heavy atom. The van der Waals surface area contributed by atoms with Gasteiger partial charge in [-0.05, 0) is 30.3 Å². The summed E-state index contributed by atoms with van der Waals surface area (Å²) < 4.78 is 40.1. The number of carbonyl (C=O) groups excluding carboxylic acids is 1. The predicted molar refractivity (Wildman–Crippen MR) is 98.7 cm³/mol. The number of thiol groups is 1. The first-order chi connectivity index (χ1) is 13.0. The van der Waals surface area contributed by atoms with Gasteiger partial charge in [-0.2, -0.15) is 4.98 Å². The maximum Gasteiger partial charge on any atom is 0.337 e. The van der Waals surface area contributed by atoms with Crippen LogP contribution < -0.4 is 9.04 Å². The van der Waals surface area contributed by atoms with Gasteiger partial charge in [0.2, 0.25) is 16.8 Å². The van der Waals surface area contributed by atoms with Gasteiger partial charge in [-0.25, -0.2) is 17.5 Å². The number of hydrogen-bond acceptors (Lipinski definition) is 7. The number of oxazole rings is 1. The molecule has 1 aromatic heterocycles. The Balaban J connectivity index is 2.05. The van der Waals surface area contributed by atoms with Crippen LogP contribution in [0.25, 0.3) is 11.5 Å². The summed E-state index contributed by atoms with van der Waals surface area (Å²) in [7, 11) is -0.485. The quantitative estimate of drug-likeness (QED) is 0.512. The van der Waals surface area contributed by atoms with Gasteiger partial charge in [-0.15, -0.1) is 0 Å². The molecule has 3 rings (SSSR count). The lowest BCUT2D eigenvalue weighted by Crippen LogP contribution is -2.16. The number of esters is 1. The van der Waals surface area contributed by atoms with E-state index in [-0.39, 0.29) is 28.7 Å². The van der Waals surface area contributed by atoms with Crippen LogP contribution in [-0.4, -0.2) is 33.6 Å². The maximum atomic E-state index is 11.9. The first-order valence-corrected chi connectivity index (χ1v) is 8.90. The van der Waals surface area contributed by atoms with E-state index in [4.69, 9.17) is 9.15 Å². The van der Waals surface area contributed by atoms with Crippen molar-refractivity contribution in [1.82, 2.24) is 4.98 Å². The number of anilines is 2. The SMILES string of the molecule is COC(=O)c1ccc(N(c2coc(-c3ccccc3)n2)[SH](=O)=O)c(OC)c1. The van der Waals surface area contributed by atoms with E-state index < -0.39 is 16.9 Å². The molecule has 0 fully saturated rings. The van der Waals surface area contributed by atoms with Gasteiger partial charge < -0.3 is 13.9 Å². The highest BCUT2D eigenvalue weighted by molar-refractivity contribution is 7.74. The van der Waals surface area contributed by atoms with Crippen LogP contribution in [0, 0.1) is 0 Å². The molecule has 0 aliphatic heterocycles.